The molecule has 172 valence electrons. The highest BCUT2D eigenvalue weighted by molar-refractivity contribution is 6.30. The molecule has 4 aromatic rings. The third-order valence-electron chi connectivity index (χ3n) is 5.43. The zero-order valence-corrected chi connectivity index (χ0v) is 19.1. The molecule has 0 saturated heterocycles. The summed E-state index contributed by atoms with van der Waals surface area (Å²) in [5, 5.41) is 15.8. The van der Waals surface area contributed by atoms with Crippen molar-refractivity contribution in [3.63, 3.8) is 0 Å². The molecule has 1 heterocycles. The van der Waals surface area contributed by atoms with Gasteiger partial charge in [0.25, 0.3) is 11.6 Å². The molecular formula is C25H21ClN4O4. The molecule has 1 atom stereocenters. The van der Waals surface area contributed by atoms with E-state index in [0.29, 0.717) is 23.2 Å². The molecule has 0 spiro atoms. The van der Waals surface area contributed by atoms with E-state index in [9.17, 15) is 14.9 Å². The maximum Gasteiger partial charge on any atom is 0.270 e. The molecule has 0 aliphatic rings. The number of carbonyl (C=O) groups excluding carboxylic acids is 1. The number of aromatic nitrogens is 2. The van der Waals surface area contributed by atoms with Gasteiger partial charge in [0, 0.05) is 41.2 Å². The minimum atomic E-state index is -0.516. The number of nitro groups is 1. The number of hydrogen-bond acceptors (Lipinski definition) is 6. The van der Waals surface area contributed by atoms with Gasteiger partial charge in [-0.05, 0) is 30.7 Å². The Kier molecular flexibility index (Phi) is 6.98. The van der Waals surface area contributed by atoms with Crippen LogP contribution in [0.5, 0.6) is 0 Å². The van der Waals surface area contributed by atoms with Crippen molar-refractivity contribution >= 4 is 23.2 Å². The van der Waals surface area contributed by atoms with Crippen molar-refractivity contribution in [3.05, 3.63) is 111 Å². The Balaban J connectivity index is 1.58. The second-order valence-corrected chi connectivity index (χ2v) is 8.10. The van der Waals surface area contributed by atoms with Crippen LogP contribution in [0, 0.1) is 10.1 Å². The number of carbonyl (C=O) groups is 1. The summed E-state index contributed by atoms with van der Waals surface area (Å²) in [6, 6.07) is 22.1. The van der Waals surface area contributed by atoms with Crippen molar-refractivity contribution in [1.82, 2.24) is 15.0 Å². The van der Waals surface area contributed by atoms with Crippen LogP contribution in [0.1, 0.15) is 34.8 Å². The van der Waals surface area contributed by atoms with Gasteiger partial charge in [-0.15, -0.1) is 0 Å². The van der Waals surface area contributed by atoms with E-state index in [-0.39, 0.29) is 29.7 Å². The fourth-order valence-electron chi connectivity index (χ4n) is 3.62. The van der Waals surface area contributed by atoms with Crippen LogP contribution in [0.2, 0.25) is 5.02 Å². The van der Waals surface area contributed by atoms with Crippen LogP contribution in [0.25, 0.3) is 11.4 Å². The molecule has 1 amide bonds. The lowest BCUT2D eigenvalue weighted by Crippen LogP contribution is -2.35. The highest BCUT2D eigenvalue weighted by atomic mass is 35.5. The number of amides is 1. The number of rotatable bonds is 8. The highest BCUT2D eigenvalue weighted by Crippen LogP contribution is 2.25. The fraction of sp³-hybridized carbons (Fsp3) is 0.160. The summed E-state index contributed by atoms with van der Waals surface area (Å²) in [4.78, 5) is 30.2. The molecule has 1 unspecified atom stereocenters. The van der Waals surface area contributed by atoms with E-state index in [1.165, 1.54) is 18.2 Å². The monoisotopic (exact) mass is 476 g/mol. The number of hydrogen-bond donors (Lipinski definition) is 0. The number of nitrogens with zero attached hydrogens (tertiary/aromatic N) is 4. The largest absolute Gasteiger partial charge is 0.339 e. The smallest absolute Gasteiger partial charge is 0.270 e. The van der Waals surface area contributed by atoms with E-state index in [4.69, 9.17) is 16.1 Å². The van der Waals surface area contributed by atoms with Crippen LogP contribution in [0.3, 0.4) is 0 Å². The topological polar surface area (TPSA) is 102 Å². The van der Waals surface area contributed by atoms with Gasteiger partial charge >= 0.3 is 0 Å². The first kappa shape index (κ1) is 23.1. The van der Waals surface area contributed by atoms with Gasteiger partial charge in [0.05, 0.1) is 11.0 Å². The number of benzene rings is 3. The quantitative estimate of drug-likeness (QED) is 0.237. The van der Waals surface area contributed by atoms with E-state index in [1.54, 1.807) is 29.2 Å². The minimum absolute atomic E-state index is 0.138. The van der Waals surface area contributed by atoms with Gasteiger partial charge in [0.15, 0.2) is 0 Å². The number of non-ortho nitro benzene ring substituents is 1. The maximum absolute atomic E-state index is 13.4. The summed E-state index contributed by atoms with van der Waals surface area (Å²) < 4.78 is 5.40. The van der Waals surface area contributed by atoms with Crippen molar-refractivity contribution in [3.8, 4) is 11.4 Å². The third kappa shape index (κ3) is 5.29. The van der Waals surface area contributed by atoms with Crippen LogP contribution in [-0.2, 0) is 6.42 Å². The average molecular weight is 477 g/mol. The summed E-state index contributed by atoms with van der Waals surface area (Å²) >= 11 is 6.05. The fourth-order valence-corrected chi connectivity index (χ4v) is 3.81. The van der Waals surface area contributed by atoms with Crippen LogP contribution in [0.15, 0.2) is 83.4 Å². The van der Waals surface area contributed by atoms with Crippen molar-refractivity contribution in [2.75, 3.05) is 6.54 Å². The first-order valence-electron chi connectivity index (χ1n) is 10.6. The Hall–Kier alpha value is -4.04. The number of halogens is 1. The summed E-state index contributed by atoms with van der Waals surface area (Å²) in [6.07, 6.45) is 0.311. The summed E-state index contributed by atoms with van der Waals surface area (Å²) in [7, 11) is 0. The first-order valence-corrected chi connectivity index (χ1v) is 11.0. The Morgan fingerprint density at radius 1 is 1.09 bits per heavy atom. The molecule has 0 radical (unpaired) electrons. The van der Waals surface area contributed by atoms with Crippen LogP contribution in [0.4, 0.5) is 5.69 Å². The molecule has 0 fully saturated rings. The van der Waals surface area contributed by atoms with E-state index in [1.807, 2.05) is 43.3 Å². The standard InChI is InChI=1S/C25H21ClN4O4/c1-17(18-7-3-2-4-8-18)29(25(31)20-10-6-12-22(16-20)30(32)33)14-13-23-27-24(28-34-23)19-9-5-11-21(26)15-19/h2-12,15-17H,13-14H2,1H3. The molecule has 8 nitrogen and oxygen atoms in total. The Bertz CT molecular complexity index is 1310. The van der Waals surface area contributed by atoms with Gasteiger partial charge in [-0.2, -0.15) is 4.98 Å². The molecule has 0 aliphatic carbocycles. The molecule has 9 heteroatoms. The van der Waals surface area contributed by atoms with Gasteiger partial charge in [0.2, 0.25) is 11.7 Å². The van der Waals surface area contributed by atoms with Gasteiger partial charge < -0.3 is 9.42 Å². The van der Waals surface area contributed by atoms with Crippen molar-refractivity contribution in [1.29, 1.82) is 0 Å². The molecule has 4 rings (SSSR count). The van der Waals surface area contributed by atoms with E-state index in [0.717, 1.165) is 11.1 Å². The van der Waals surface area contributed by atoms with Crippen LogP contribution in [-0.4, -0.2) is 32.4 Å². The van der Waals surface area contributed by atoms with E-state index >= 15 is 0 Å². The van der Waals surface area contributed by atoms with Gasteiger partial charge in [-0.3, -0.25) is 14.9 Å². The zero-order chi connectivity index (χ0) is 24.1. The Morgan fingerprint density at radius 2 is 1.85 bits per heavy atom. The molecular weight excluding hydrogens is 456 g/mol. The molecule has 0 N–H and O–H groups in total. The van der Waals surface area contributed by atoms with E-state index < -0.39 is 4.92 Å². The molecule has 0 aliphatic heterocycles. The van der Waals surface area contributed by atoms with E-state index in [2.05, 4.69) is 10.1 Å². The lowest BCUT2D eigenvalue weighted by Gasteiger charge is -2.29. The van der Waals surface area contributed by atoms with Crippen LogP contribution >= 0.6 is 11.6 Å². The van der Waals surface area contributed by atoms with Crippen molar-refractivity contribution < 1.29 is 14.2 Å². The molecule has 0 bridgehead atoms. The Labute approximate surface area is 200 Å². The zero-order valence-electron chi connectivity index (χ0n) is 18.3. The van der Waals surface area contributed by atoms with Gasteiger partial charge in [-0.25, -0.2) is 0 Å². The number of nitro benzene ring substituents is 1. The summed E-state index contributed by atoms with van der Waals surface area (Å²) in [5.41, 5.74) is 1.76. The maximum atomic E-state index is 13.4. The van der Waals surface area contributed by atoms with Crippen molar-refractivity contribution in [2.24, 2.45) is 0 Å². The summed E-state index contributed by atoms with van der Waals surface area (Å²) in [5.74, 6) is 0.451. The lowest BCUT2D eigenvalue weighted by atomic mass is 10.0. The predicted molar refractivity (Wildman–Crippen MR) is 127 cm³/mol. The SMILES string of the molecule is CC(c1ccccc1)N(CCc1nc(-c2cccc(Cl)c2)no1)C(=O)c1cccc([N+](=O)[O-])c1. The summed E-state index contributed by atoms with van der Waals surface area (Å²) in [6.45, 7) is 2.19. The third-order valence-corrected chi connectivity index (χ3v) is 5.67. The minimum Gasteiger partial charge on any atom is -0.339 e. The molecule has 34 heavy (non-hydrogen) atoms. The van der Waals surface area contributed by atoms with Gasteiger partial charge in [0.1, 0.15) is 0 Å². The normalized spacial score (nSPS) is 11.7. The van der Waals surface area contributed by atoms with Crippen LogP contribution < -0.4 is 0 Å². The van der Waals surface area contributed by atoms with Gasteiger partial charge in [-0.1, -0.05) is 65.3 Å². The van der Waals surface area contributed by atoms with Crippen molar-refractivity contribution in [2.45, 2.75) is 19.4 Å². The molecule has 0 saturated carbocycles. The molecule has 3 aromatic carbocycles. The predicted octanol–water partition coefficient (Wildman–Crippen LogP) is 5.74. The molecule has 1 aromatic heterocycles. The first-order chi connectivity index (χ1) is 16.4. The Morgan fingerprint density at radius 3 is 2.59 bits per heavy atom. The second kappa shape index (κ2) is 10.3. The average Bonchev–Trinajstić information content (AvgIpc) is 3.33. The highest BCUT2D eigenvalue weighted by Gasteiger charge is 2.25. The lowest BCUT2D eigenvalue weighted by molar-refractivity contribution is -0.384. The second-order valence-electron chi connectivity index (χ2n) is 7.66.